The molecule has 2 rings (SSSR count). The highest BCUT2D eigenvalue weighted by atomic mass is 16.5. The SMILES string of the molecule is CN(CC1(C=O)CCOCC1)C1CCCCC1. The fourth-order valence-electron chi connectivity index (χ4n) is 3.24. The summed E-state index contributed by atoms with van der Waals surface area (Å²) in [6, 6.07) is 0.698. The number of carbonyl (C=O) groups excluding carboxylic acids is 1. The van der Waals surface area contributed by atoms with E-state index >= 15 is 0 Å². The summed E-state index contributed by atoms with van der Waals surface area (Å²) in [5.41, 5.74) is -0.134. The molecule has 0 atom stereocenters. The summed E-state index contributed by atoms with van der Waals surface area (Å²) >= 11 is 0. The first-order chi connectivity index (χ1) is 8.26. The van der Waals surface area contributed by atoms with E-state index in [0.29, 0.717) is 6.04 Å². The average Bonchev–Trinajstić information content (AvgIpc) is 2.41. The van der Waals surface area contributed by atoms with Crippen molar-refractivity contribution in [2.75, 3.05) is 26.8 Å². The monoisotopic (exact) mass is 239 g/mol. The molecule has 0 aromatic heterocycles. The van der Waals surface area contributed by atoms with Gasteiger partial charge in [0.2, 0.25) is 0 Å². The van der Waals surface area contributed by atoms with Gasteiger partial charge in [0.05, 0.1) is 0 Å². The summed E-state index contributed by atoms with van der Waals surface area (Å²) in [6.07, 6.45) is 9.69. The highest BCUT2D eigenvalue weighted by molar-refractivity contribution is 5.60. The van der Waals surface area contributed by atoms with Crippen LogP contribution < -0.4 is 0 Å². The molecule has 98 valence electrons. The highest BCUT2D eigenvalue weighted by Gasteiger charge is 2.35. The Morgan fingerprint density at radius 2 is 1.88 bits per heavy atom. The first-order valence-corrected chi connectivity index (χ1v) is 7.00. The summed E-state index contributed by atoms with van der Waals surface area (Å²) < 4.78 is 5.38. The van der Waals surface area contributed by atoms with Crippen molar-refractivity contribution in [2.24, 2.45) is 5.41 Å². The second-order valence-corrected chi connectivity index (χ2v) is 5.80. The fourth-order valence-corrected chi connectivity index (χ4v) is 3.24. The molecule has 0 spiro atoms. The van der Waals surface area contributed by atoms with E-state index in [1.807, 2.05) is 0 Å². The Bertz CT molecular complexity index is 243. The predicted molar refractivity (Wildman–Crippen MR) is 68.1 cm³/mol. The van der Waals surface area contributed by atoms with Gasteiger partial charge in [-0.3, -0.25) is 0 Å². The molecule has 3 nitrogen and oxygen atoms in total. The van der Waals surface area contributed by atoms with E-state index in [4.69, 9.17) is 4.74 Å². The molecule has 0 unspecified atom stereocenters. The molecule has 1 aliphatic carbocycles. The van der Waals surface area contributed by atoms with Gasteiger partial charge in [0.1, 0.15) is 6.29 Å². The van der Waals surface area contributed by atoms with Crippen molar-refractivity contribution in [2.45, 2.75) is 51.0 Å². The lowest BCUT2D eigenvalue weighted by atomic mass is 9.80. The van der Waals surface area contributed by atoms with Crippen molar-refractivity contribution < 1.29 is 9.53 Å². The Labute approximate surface area is 105 Å². The molecule has 0 aromatic rings. The van der Waals surface area contributed by atoms with E-state index in [1.165, 1.54) is 38.4 Å². The van der Waals surface area contributed by atoms with Crippen molar-refractivity contribution in [3.05, 3.63) is 0 Å². The molecule has 1 heterocycles. The van der Waals surface area contributed by atoms with Crippen molar-refractivity contribution in [3.63, 3.8) is 0 Å². The summed E-state index contributed by atoms with van der Waals surface area (Å²) in [5.74, 6) is 0. The van der Waals surface area contributed by atoms with Crippen LogP contribution in [-0.2, 0) is 9.53 Å². The van der Waals surface area contributed by atoms with Gasteiger partial charge < -0.3 is 14.4 Å². The summed E-state index contributed by atoms with van der Waals surface area (Å²) in [4.78, 5) is 13.8. The normalized spacial score (nSPS) is 26.0. The number of carbonyl (C=O) groups is 1. The molecule has 1 saturated heterocycles. The largest absolute Gasteiger partial charge is 0.381 e. The molecule has 1 aliphatic heterocycles. The molecule has 17 heavy (non-hydrogen) atoms. The van der Waals surface area contributed by atoms with Gasteiger partial charge in [0, 0.05) is 31.2 Å². The van der Waals surface area contributed by atoms with Crippen molar-refractivity contribution >= 4 is 6.29 Å². The van der Waals surface area contributed by atoms with E-state index in [2.05, 4.69) is 11.9 Å². The molecular weight excluding hydrogens is 214 g/mol. The lowest BCUT2D eigenvalue weighted by Gasteiger charge is -2.39. The first-order valence-electron chi connectivity index (χ1n) is 7.00. The Morgan fingerprint density at radius 3 is 2.47 bits per heavy atom. The Kier molecular flexibility index (Phi) is 4.57. The molecule has 1 saturated carbocycles. The predicted octanol–water partition coefficient (Wildman–Crippen LogP) is 2.25. The molecule has 0 amide bonds. The third-order valence-corrected chi connectivity index (χ3v) is 4.50. The maximum absolute atomic E-state index is 11.4. The zero-order valence-corrected chi connectivity index (χ0v) is 11.0. The van der Waals surface area contributed by atoms with Crippen LogP contribution in [0.4, 0.5) is 0 Å². The van der Waals surface area contributed by atoms with Crippen molar-refractivity contribution in [1.29, 1.82) is 0 Å². The van der Waals surface area contributed by atoms with Gasteiger partial charge >= 0.3 is 0 Å². The van der Waals surface area contributed by atoms with E-state index < -0.39 is 0 Å². The Morgan fingerprint density at radius 1 is 1.24 bits per heavy atom. The minimum atomic E-state index is -0.134. The van der Waals surface area contributed by atoms with E-state index in [0.717, 1.165) is 32.6 Å². The van der Waals surface area contributed by atoms with Crippen LogP contribution in [0.15, 0.2) is 0 Å². The summed E-state index contributed by atoms with van der Waals surface area (Å²) in [7, 11) is 2.19. The minimum absolute atomic E-state index is 0.134. The maximum atomic E-state index is 11.4. The van der Waals surface area contributed by atoms with E-state index in [1.54, 1.807) is 0 Å². The molecular formula is C14H25NO2. The van der Waals surface area contributed by atoms with Crippen molar-refractivity contribution in [3.8, 4) is 0 Å². The Hall–Kier alpha value is -0.410. The molecule has 0 radical (unpaired) electrons. The highest BCUT2D eigenvalue weighted by Crippen LogP contribution is 2.31. The third kappa shape index (κ3) is 3.29. The molecule has 0 bridgehead atoms. The lowest BCUT2D eigenvalue weighted by Crippen LogP contribution is -2.45. The van der Waals surface area contributed by atoms with Gasteiger partial charge in [-0.2, -0.15) is 0 Å². The van der Waals surface area contributed by atoms with E-state index in [9.17, 15) is 4.79 Å². The molecule has 2 fully saturated rings. The topological polar surface area (TPSA) is 29.5 Å². The molecule has 3 heteroatoms. The van der Waals surface area contributed by atoms with E-state index in [-0.39, 0.29) is 5.41 Å². The van der Waals surface area contributed by atoms with Crippen LogP contribution in [0.3, 0.4) is 0 Å². The van der Waals surface area contributed by atoms with Gasteiger partial charge in [-0.1, -0.05) is 19.3 Å². The Balaban J connectivity index is 1.90. The first kappa shape index (κ1) is 13.0. The van der Waals surface area contributed by atoms with Crippen LogP contribution in [0.5, 0.6) is 0 Å². The number of rotatable bonds is 4. The lowest BCUT2D eigenvalue weighted by molar-refractivity contribution is -0.123. The molecule has 0 N–H and O–H groups in total. The van der Waals surface area contributed by atoms with Gasteiger partial charge in [0.25, 0.3) is 0 Å². The minimum Gasteiger partial charge on any atom is -0.381 e. The third-order valence-electron chi connectivity index (χ3n) is 4.50. The summed E-state index contributed by atoms with van der Waals surface area (Å²) in [5, 5.41) is 0. The second-order valence-electron chi connectivity index (χ2n) is 5.80. The number of hydrogen-bond acceptors (Lipinski definition) is 3. The van der Waals surface area contributed by atoms with Gasteiger partial charge in [-0.25, -0.2) is 0 Å². The van der Waals surface area contributed by atoms with Crippen LogP contribution in [0.2, 0.25) is 0 Å². The number of hydrogen-bond donors (Lipinski definition) is 0. The molecule has 0 aromatic carbocycles. The fraction of sp³-hybridized carbons (Fsp3) is 0.929. The quantitative estimate of drug-likeness (QED) is 0.705. The van der Waals surface area contributed by atoms with Crippen molar-refractivity contribution in [1.82, 2.24) is 4.90 Å². The number of ether oxygens (including phenoxy) is 1. The maximum Gasteiger partial charge on any atom is 0.127 e. The van der Waals surface area contributed by atoms with Gasteiger partial charge in [-0.05, 0) is 32.7 Å². The average molecular weight is 239 g/mol. The number of nitrogens with zero attached hydrogens (tertiary/aromatic N) is 1. The smallest absolute Gasteiger partial charge is 0.127 e. The van der Waals surface area contributed by atoms with Crippen LogP contribution in [0, 0.1) is 5.41 Å². The van der Waals surface area contributed by atoms with Gasteiger partial charge in [0.15, 0.2) is 0 Å². The summed E-state index contributed by atoms with van der Waals surface area (Å²) in [6.45, 7) is 2.42. The van der Waals surface area contributed by atoms with Gasteiger partial charge in [-0.15, -0.1) is 0 Å². The zero-order chi connectivity index (χ0) is 12.1. The number of aldehydes is 1. The van der Waals surface area contributed by atoms with Crippen LogP contribution in [0.25, 0.3) is 0 Å². The molecule has 2 aliphatic rings. The van der Waals surface area contributed by atoms with Crippen LogP contribution in [-0.4, -0.2) is 44.0 Å². The van der Waals surface area contributed by atoms with Crippen LogP contribution in [0.1, 0.15) is 44.9 Å². The second kappa shape index (κ2) is 5.96. The standard InChI is InChI=1S/C14H25NO2/c1-15(13-5-3-2-4-6-13)11-14(12-16)7-9-17-10-8-14/h12-13H,2-11H2,1H3. The van der Waals surface area contributed by atoms with Crippen LogP contribution >= 0.6 is 0 Å². The zero-order valence-electron chi connectivity index (χ0n) is 11.0.